The molecule has 1 amide bonds. The Labute approximate surface area is 161 Å². The van der Waals surface area contributed by atoms with E-state index in [0.717, 1.165) is 17.8 Å². The quantitative estimate of drug-likeness (QED) is 0.791. The Bertz CT molecular complexity index is 896. The van der Waals surface area contributed by atoms with Gasteiger partial charge in [-0.15, -0.1) is 0 Å². The van der Waals surface area contributed by atoms with Crippen molar-refractivity contribution in [3.63, 3.8) is 0 Å². The molecule has 0 saturated carbocycles. The lowest BCUT2D eigenvalue weighted by Crippen LogP contribution is -2.53. The molecule has 1 fully saturated rings. The zero-order valence-corrected chi connectivity index (χ0v) is 16.7. The van der Waals surface area contributed by atoms with Gasteiger partial charge in [-0.3, -0.25) is 4.79 Å². The largest absolute Gasteiger partial charge is 0.378 e. The number of nitrogens with zero attached hydrogens (tertiary/aromatic N) is 3. The molecule has 1 heterocycles. The normalized spacial score (nSPS) is 18.0. The van der Waals surface area contributed by atoms with Crippen molar-refractivity contribution in [3.05, 3.63) is 54.6 Å². The molecule has 0 bridgehead atoms. The maximum absolute atomic E-state index is 13.0. The first-order chi connectivity index (χ1) is 12.8. The third kappa shape index (κ3) is 3.84. The molecule has 3 rings (SSSR count). The van der Waals surface area contributed by atoms with Gasteiger partial charge in [-0.05, 0) is 49.2 Å². The van der Waals surface area contributed by atoms with Crippen LogP contribution in [0.2, 0.25) is 0 Å². The van der Waals surface area contributed by atoms with Crippen molar-refractivity contribution in [1.29, 1.82) is 0 Å². The van der Waals surface area contributed by atoms with E-state index in [1.165, 1.54) is 11.4 Å². The lowest BCUT2D eigenvalue weighted by molar-refractivity contribution is -0.123. The first-order valence-corrected chi connectivity index (χ1v) is 10.4. The van der Waals surface area contributed by atoms with Crippen molar-refractivity contribution in [2.24, 2.45) is 0 Å². The highest BCUT2D eigenvalue weighted by Crippen LogP contribution is 2.27. The van der Waals surface area contributed by atoms with Gasteiger partial charge in [-0.2, -0.15) is 4.31 Å². The number of para-hydroxylation sites is 1. The van der Waals surface area contributed by atoms with E-state index < -0.39 is 16.1 Å². The van der Waals surface area contributed by atoms with Crippen molar-refractivity contribution >= 4 is 27.3 Å². The Kier molecular flexibility index (Phi) is 5.53. The minimum absolute atomic E-state index is 0.177. The van der Waals surface area contributed by atoms with E-state index >= 15 is 0 Å². The summed E-state index contributed by atoms with van der Waals surface area (Å²) < 4.78 is 27.3. The lowest BCUT2D eigenvalue weighted by atomic mass is 10.0. The first kappa shape index (κ1) is 19.4. The number of anilines is 2. The number of sulfonamides is 1. The molecule has 0 aliphatic carbocycles. The number of rotatable bonds is 5. The molecule has 0 unspecified atom stereocenters. The number of likely N-dealkylation sites (N-methyl/N-ethyl adjacent to an activating group) is 1. The topological polar surface area (TPSA) is 60.9 Å². The van der Waals surface area contributed by atoms with Crippen LogP contribution in [-0.4, -0.2) is 52.4 Å². The second-order valence-electron chi connectivity index (χ2n) is 6.89. The average molecular weight is 388 g/mol. The molecule has 1 aliphatic rings. The van der Waals surface area contributed by atoms with Crippen LogP contribution in [0.25, 0.3) is 0 Å². The zero-order chi connectivity index (χ0) is 19.6. The van der Waals surface area contributed by atoms with E-state index in [9.17, 15) is 13.2 Å². The van der Waals surface area contributed by atoms with Gasteiger partial charge in [0.2, 0.25) is 15.9 Å². The number of piperidine rings is 1. The molecule has 7 heteroatoms. The highest BCUT2D eigenvalue weighted by Gasteiger charge is 2.38. The molecule has 0 N–H and O–H groups in total. The van der Waals surface area contributed by atoms with Crippen LogP contribution in [0.5, 0.6) is 0 Å². The van der Waals surface area contributed by atoms with E-state index in [-0.39, 0.29) is 10.8 Å². The average Bonchev–Trinajstić information content (AvgIpc) is 2.68. The second kappa shape index (κ2) is 7.70. The third-order valence-electron chi connectivity index (χ3n) is 4.95. The van der Waals surface area contributed by atoms with Crippen molar-refractivity contribution in [2.45, 2.75) is 23.8 Å². The van der Waals surface area contributed by atoms with Crippen molar-refractivity contribution in [3.8, 4) is 0 Å². The molecular formula is C20H25N3O3S. The van der Waals surface area contributed by atoms with Gasteiger partial charge in [-0.25, -0.2) is 8.42 Å². The van der Waals surface area contributed by atoms with Crippen LogP contribution >= 0.6 is 0 Å². The van der Waals surface area contributed by atoms with Gasteiger partial charge >= 0.3 is 0 Å². The molecule has 0 aromatic heterocycles. The highest BCUT2D eigenvalue weighted by molar-refractivity contribution is 7.89. The van der Waals surface area contributed by atoms with Crippen LogP contribution in [0, 0.1) is 0 Å². The fraction of sp³-hybridized carbons (Fsp3) is 0.350. The van der Waals surface area contributed by atoms with E-state index in [0.29, 0.717) is 13.0 Å². The van der Waals surface area contributed by atoms with Gasteiger partial charge in [0.1, 0.15) is 6.04 Å². The van der Waals surface area contributed by atoms with E-state index in [1.807, 2.05) is 49.3 Å². The summed E-state index contributed by atoms with van der Waals surface area (Å²) in [5, 5.41) is 0. The van der Waals surface area contributed by atoms with Crippen LogP contribution in [0.4, 0.5) is 11.4 Å². The first-order valence-electron chi connectivity index (χ1n) is 8.94. The maximum Gasteiger partial charge on any atom is 0.245 e. The molecule has 2 aromatic carbocycles. The van der Waals surface area contributed by atoms with Crippen LogP contribution in [0.15, 0.2) is 59.5 Å². The van der Waals surface area contributed by atoms with Gasteiger partial charge in [0.05, 0.1) is 4.90 Å². The zero-order valence-electron chi connectivity index (χ0n) is 15.9. The number of carbonyl (C=O) groups is 1. The molecule has 0 spiro atoms. The fourth-order valence-electron chi connectivity index (χ4n) is 3.31. The minimum Gasteiger partial charge on any atom is -0.378 e. The van der Waals surface area contributed by atoms with Crippen LogP contribution in [0.3, 0.4) is 0 Å². The summed E-state index contributed by atoms with van der Waals surface area (Å²) in [7, 11) is 1.53. The van der Waals surface area contributed by atoms with E-state index in [1.54, 1.807) is 29.2 Å². The summed E-state index contributed by atoms with van der Waals surface area (Å²) in [6.07, 6.45) is 1.28. The lowest BCUT2D eigenvalue weighted by Gasteiger charge is -2.36. The van der Waals surface area contributed by atoms with Gasteiger partial charge in [0.25, 0.3) is 0 Å². The Morgan fingerprint density at radius 1 is 0.963 bits per heavy atom. The molecular weight excluding hydrogens is 362 g/mol. The minimum atomic E-state index is -3.75. The molecule has 27 heavy (non-hydrogen) atoms. The van der Waals surface area contributed by atoms with Crippen molar-refractivity contribution < 1.29 is 13.2 Å². The SMILES string of the molecule is CN(C)c1ccc(S(=O)(=O)N(C)[C@H]2CCCN(c3ccccc3)C2=O)cc1. The Morgan fingerprint density at radius 3 is 2.19 bits per heavy atom. The number of carbonyl (C=O) groups excluding carboxylic acids is 1. The molecule has 2 aromatic rings. The van der Waals surface area contributed by atoms with Gasteiger partial charge in [0.15, 0.2) is 0 Å². The molecule has 1 atom stereocenters. The number of benzene rings is 2. The monoisotopic (exact) mass is 387 g/mol. The van der Waals surface area contributed by atoms with Gasteiger partial charge in [-0.1, -0.05) is 18.2 Å². The highest BCUT2D eigenvalue weighted by atomic mass is 32.2. The summed E-state index contributed by atoms with van der Waals surface area (Å²) in [5.74, 6) is -0.177. The number of hydrogen-bond donors (Lipinski definition) is 0. The maximum atomic E-state index is 13.0. The van der Waals surface area contributed by atoms with Crippen LogP contribution in [-0.2, 0) is 14.8 Å². The molecule has 1 saturated heterocycles. The standard InChI is InChI=1S/C20H25N3O3S/c1-21(2)16-11-13-18(14-12-16)27(25,26)22(3)19-10-7-15-23(20(19)24)17-8-5-4-6-9-17/h4-6,8-9,11-14,19H,7,10,15H2,1-3H3/t19-/m0/s1. The van der Waals surface area contributed by atoms with Crippen molar-refractivity contribution in [2.75, 3.05) is 37.5 Å². The molecule has 6 nitrogen and oxygen atoms in total. The van der Waals surface area contributed by atoms with Crippen LogP contribution < -0.4 is 9.80 Å². The van der Waals surface area contributed by atoms with Gasteiger partial charge in [0, 0.05) is 39.1 Å². The third-order valence-corrected chi connectivity index (χ3v) is 6.83. The smallest absolute Gasteiger partial charge is 0.245 e. The fourth-order valence-corrected chi connectivity index (χ4v) is 4.65. The second-order valence-corrected chi connectivity index (χ2v) is 8.89. The van der Waals surface area contributed by atoms with Crippen LogP contribution in [0.1, 0.15) is 12.8 Å². The number of amides is 1. The Balaban J connectivity index is 1.85. The van der Waals surface area contributed by atoms with Crippen molar-refractivity contribution in [1.82, 2.24) is 4.31 Å². The summed E-state index contributed by atoms with van der Waals surface area (Å²) >= 11 is 0. The predicted molar refractivity (Wildman–Crippen MR) is 108 cm³/mol. The molecule has 1 aliphatic heterocycles. The molecule has 144 valence electrons. The molecule has 0 radical (unpaired) electrons. The van der Waals surface area contributed by atoms with E-state index in [2.05, 4.69) is 0 Å². The number of hydrogen-bond acceptors (Lipinski definition) is 4. The summed E-state index contributed by atoms with van der Waals surface area (Å²) in [4.78, 5) is 16.8. The Hall–Kier alpha value is -2.38. The summed E-state index contributed by atoms with van der Waals surface area (Å²) in [5.41, 5.74) is 1.72. The summed E-state index contributed by atoms with van der Waals surface area (Å²) in [6, 6.07) is 15.4. The van der Waals surface area contributed by atoms with Gasteiger partial charge < -0.3 is 9.80 Å². The summed E-state index contributed by atoms with van der Waals surface area (Å²) in [6.45, 7) is 0.602. The van der Waals surface area contributed by atoms with E-state index in [4.69, 9.17) is 0 Å². The predicted octanol–water partition coefficient (Wildman–Crippen LogP) is 2.57. The Morgan fingerprint density at radius 2 is 1.59 bits per heavy atom.